The Morgan fingerprint density at radius 1 is 1.19 bits per heavy atom. The number of H-pyrrole nitrogens is 1. The number of halogens is 1. The highest BCUT2D eigenvalue weighted by Gasteiger charge is 2.24. The van der Waals surface area contributed by atoms with Crippen LogP contribution >= 0.6 is 0 Å². The minimum atomic E-state index is -0.273. The minimum absolute atomic E-state index is 0.273. The maximum Gasteiger partial charge on any atom is 0.164 e. The summed E-state index contributed by atoms with van der Waals surface area (Å²) in [7, 11) is 0. The highest BCUT2D eigenvalue weighted by Crippen LogP contribution is 2.38. The predicted molar refractivity (Wildman–Crippen MR) is 117 cm³/mol. The molecule has 0 bridgehead atoms. The van der Waals surface area contributed by atoms with E-state index in [9.17, 15) is 9.65 Å². The van der Waals surface area contributed by atoms with Crippen molar-refractivity contribution in [2.45, 2.75) is 44.1 Å². The average molecular weight is 420 g/mol. The fourth-order valence-corrected chi connectivity index (χ4v) is 4.92. The van der Waals surface area contributed by atoms with Crippen molar-refractivity contribution >= 4 is 10.9 Å². The third kappa shape index (κ3) is 4.11. The van der Waals surface area contributed by atoms with Gasteiger partial charge in [-0.05, 0) is 61.4 Å². The van der Waals surface area contributed by atoms with E-state index in [1.165, 1.54) is 23.1 Å². The van der Waals surface area contributed by atoms with Crippen LogP contribution in [0.4, 0.5) is 4.39 Å². The van der Waals surface area contributed by atoms with Gasteiger partial charge in [0.05, 0.1) is 18.2 Å². The normalized spacial score (nSPS) is 20.3. The van der Waals surface area contributed by atoms with Crippen molar-refractivity contribution in [3.8, 4) is 17.6 Å². The summed E-state index contributed by atoms with van der Waals surface area (Å²) in [6.45, 7) is 1.79. The van der Waals surface area contributed by atoms with E-state index in [-0.39, 0.29) is 5.82 Å². The Labute approximate surface area is 181 Å². The number of ether oxygens (including phenoxy) is 2. The van der Waals surface area contributed by atoms with Gasteiger partial charge in [-0.15, -0.1) is 0 Å². The van der Waals surface area contributed by atoms with Crippen LogP contribution in [-0.2, 0) is 6.42 Å². The molecule has 0 atom stereocenters. The smallest absolute Gasteiger partial charge is 0.164 e. The highest BCUT2D eigenvalue weighted by molar-refractivity contribution is 5.85. The third-order valence-corrected chi connectivity index (χ3v) is 6.52. The van der Waals surface area contributed by atoms with Crippen molar-refractivity contribution < 1.29 is 13.9 Å². The standard InChI is InChI=1S/C25H26FN3O2/c26-19-12-18-7-9-31-25(18)24(13-19)30-10-8-28-20-4-2-17(3-5-20)22-15-29-23-6-1-16(14-27)11-21(22)23/h1,6,11-13,15,17,20,28-29H,2-5,7-10H2. The summed E-state index contributed by atoms with van der Waals surface area (Å²) in [6, 6.07) is 11.5. The first kappa shape index (κ1) is 19.9. The van der Waals surface area contributed by atoms with E-state index in [0.717, 1.165) is 49.7 Å². The lowest BCUT2D eigenvalue weighted by Gasteiger charge is -2.29. The van der Waals surface area contributed by atoms with Gasteiger partial charge in [0.1, 0.15) is 12.4 Å². The molecule has 1 aliphatic heterocycles. The molecule has 5 nitrogen and oxygen atoms in total. The maximum atomic E-state index is 13.7. The molecule has 0 saturated heterocycles. The van der Waals surface area contributed by atoms with Crippen molar-refractivity contribution in [1.82, 2.24) is 10.3 Å². The zero-order valence-corrected chi connectivity index (χ0v) is 17.4. The third-order valence-electron chi connectivity index (χ3n) is 6.52. The Morgan fingerprint density at radius 3 is 2.90 bits per heavy atom. The molecule has 31 heavy (non-hydrogen) atoms. The van der Waals surface area contributed by atoms with Gasteiger partial charge >= 0.3 is 0 Å². The molecule has 2 N–H and O–H groups in total. The van der Waals surface area contributed by atoms with Crippen LogP contribution in [0.15, 0.2) is 36.5 Å². The van der Waals surface area contributed by atoms with E-state index in [2.05, 4.69) is 22.6 Å². The van der Waals surface area contributed by atoms with Crippen molar-refractivity contribution in [2.24, 2.45) is 0 Å². The lowest BCUT2D eigenvalue weighted by molar-refractivity contribution is 0.266. The van der Waals surface area contributed by atoms with Gasteiger partial charge in [-0.25, -0.2) is 4.39 Å². The maximum absolute atomic E-state index is 13.7. The van der Waals surface area contributed by atoms with E-state index in [1.54, 1.807) is 0 Å². The summed E-state index contributed by atoms with van der Waals surface area (Å²) in [5, 5.41) is 14.0. The zero-order chi connectivity index (χ0) is 21.2. The van der Waals surface area contributed by atoms with Gasteiger partial charge in [-0.1, -0.05) is 0 Å². The molecule has 6 heteroatoms. The first-order chi connectivity index (χ1) is 15.2. The SMILES string of the molecule is N#Cc1ccc2[nH]cc(C3CCC(NCCOc4cc(F)cc5c4OCC5)CC3)c2c1. The molecule has 2 heterocycles. The monoisotopic (exact) mass is 419 g/mol. The minimum Gasteiger partial charge on any atom is -0.489 e. The molecular weight excluding hydrogens is 393 g/mol. The van der Waals surface area contributed by atoms with E-state index >= 15 is 0 Å². The number of rotatable bonds is 6. The van der Waals surface area contributed by atoms with Crippen molar-refractivity contribution in [3.63, 3.8) is 0 Å². The summed E-state index contributed by atoms with van der Waals surface area (Å²) in [5.41, 5.74) is 4.02. The summed E-state index contributed by atoms with van der Waals surface area (Å²) >= 11 is 0. The van der Waals surface area contributed by atoms with Crippen molar-refractivity contribution in [3.05, 3.63) is 59.0 Å². The fraction of sp³-hybridized carbons (Fsp3) is 0.400. The Hall–Kier alpha value is -3.04. The van der Waals surface area contributed by atoms with Gasteiger partial charge in [0.2, 0.25) is 0 Å². The van der Waals surface area contributed by atoms with E-state index < -0.39 is 0 Å². The van der Waals surface area contributed by atoms with Crippen LogP contribution in [-0.4, -0.2) is 30.8 Å². The fourth-order valence-electron chi connectivity index (χ4n) is 4.92. The van der Waals surface area contributed by atoms with Crippen LogP contribution in [0.5, 0.6) is 11.5 Å². The topological polar surface area (TPSA) is 70.1 Å². The number of aromatic nitrogens is 1. The number of hydrogen-bond donors (Lipinski definition) is 2. The molecule has 0 unspecified atom stereocenters. The number of hydrogen-bond acceptors (Lipinski definition) is 4. The average Bonchev–Trinajstić information content (AvgIpc) is 3.43. The number of aromatic amines is 1. The molecule has 1 fully saturated rings. The summed E-state index contributed by atoms with van der Waals surface area (Å²) < 4.78 is 25.2. The first-order valence-electron chi connectivity index (χ1n) is 11.0. The lowest BCUT2D eigenvalue weighted by atomic mass is 9.81. The van der Waals surface area contributed by atoms with E-state index in [1.807, 2.05) is 18.2 Å². The Kier molecular flexibility index (Phi) is 5.52. The number of nitrogens with zero attached hydrogens (tertiary/aromatic N) is 1. The Balaban J connectivity index is 1.12. The van der Waals surface area contributed by atoms with Crippen LogP contribution < -0.4 is 14.8 Å². The highest BCUT2D eigenvalue weighted by atomic mass is 19.1. The molecule has 2 aromatic carbocycles. The summed E-state index contributed by atoms with van der Waals surface area (Å²) in [4.78, 5) is 3.35. The molecular formula is C25H26FN3O2. The van der Waals surface area contributed by atoms with Crippen molar-refractivity contribution in [2.75, 3.05) is 19.8 Å². The number of benzene rings is 2. The van der Waals surface area contributed by atoms with Gasteiger partial charge in [0.15, 0.2) is 11.5 Å². The second kappa shape index (κ2) is 8.60. The van der Waals surface area contributed by atoms with Crippen LogP contribution in [0.25, 0.3) is 10.9 Å². The molecule has 0 spiro atoms. The Morgan fingerprint density at radius 2 is 2.06 bits per heavy atom. The second-order valence-corrected chi connectivity index (χ2v) is 8.46. The summed E-state index contributed by atoms with van der Waals surface area (Å²) in [5.74, 6) is 1.45. The molecule has 160 valence electrons. The van der Waals surface area contributed by atoms with Crippen LogP contribution in [0, 0.1) is 17.1 Å². The van der Waals surface area contributed by atoms with Crippen LogP contribution in [0.3, 0.4) is 0 Å². The van der Waals surface area contributed by atoms with Gasteiger partial charge in [-0.2, -0.15) is 5.26 Å². The summed E-state index contributed by atoms with van der Waals surface area (Å²) in [6.07, 6.45) is 7.29. The van der Waals surface area contributed by atoms with Crippen molar-refractivity contribution in [1.29, 1.82) is 5.26 Å². The Bertz CT molecular complexity index is 1130. The largest absolute Gasteiger partial charge is 0.489 e. The van der Waals surface area contributed by atoms with Gasteiger partial charge in [-0.3, -0.25) is 0 Å². The van der Waals surface area contributed by atoms with Gasteiger partial charge in [0.25, 0.3) is 0 Å². The van der Waals surface area contributed by atoms with E-state index in [0.29, 0.717) is 42.2 Å². The van der Waals surface area contributed by atoms with Gasteiger partial charge in [0, 0.05) is 47.7 Å². The van der Waals surface area contributed by atoms with E-state index in [4.69, 9.17) is 9.47 Å². The molecule has 0 radical (unpaired) electrons. The molecule has 5 rings (SSSR count). The number of fused-ring (bicyclic) bond motifs is 2. The molecule has 0 amide bonds. The molecule has 1 aliphatic carbocycles. The predicted octanol–water partition coefficient (Wildman–Crippen LogP) is 4.81. The molecule has 2 aliphatic rings. The molecule has 1 aromatic heterocycles. The number of nitrogens with one attached hydrogen (secondary N) is 2. The van der Waals surface area contributed by atoms with Crippen LogP contribution in [0.1, 0.15) is 48.3 Å². The quantitative estimate of drug-likeness (QED) is 0.563. The van der Waals surface area contributed by atoms with Gasteiger partial charge < -0.3 is 19.8 Å². The molecule has 1 saturated carbocycles. The lowest BCUT2D eigenvalue weighted by Crippen LogP contribution is -2.35. The second-order valence-electron chi connectivity index (χ2n) is 8.46. The zero-order valence-electron chi connectivity index (χ0n) is 17.4. The number of nitriles is 1. The van der Waals surface area contributed by atoms with Crippen LogP contribution in [0.2, 0.25) is 0 Å². The first-order valence-corrected chi connectivity index (χ1v) is 11.0. The molecule has 3 aromatic rings.